The van der Waals surface area contributed by atoms with E-state index < -0.39 is 0 Å². The lowest BCUT2D eigenvalue weighted by molar-refractivity contribution is -0.116. The molecule has 0 saturated carbocycles. The molecule has 0 spiro atoms. The average molecular weight is 152 g/mol. The van der Waals surface area contributed by atoms with E-state index in [1.165, 1.54) is 5.57 Å². The SMILES string of the molecule is C/C=C(\C=C/CC(C)=O)CC. The molecule has 0 amide bonds. The summed E-state index contributed by atoms with van der Waals surface area (Å²) in [5, 5.41) is 0. The summed E-state index contributed by atoms with van der Waals surface area (Å²) in [5.41, 5.74) is 1.28. The molecular weight excluding hydrogens is 136 g/mol. The zero-order valence-corrected chi connectivity index (χ0v) is 7.55. The van der Waals surface area contributed by atoms with E-state index >= 15 is 0 Å². The molecule has 62 valence electrons. The highest BCUT2D eigenvalue weighted by Gasteiger charge is 1.87. The van der Waals surface area contributed by atoms with Crippen molar-refractivity contribution in [2.75, 3.05) is 0 Å². The number of rotatable bonds is 4. The van der Waals surface area contributed by atoms with Gasteiger partial charge in [0.05, 0.1) is 0 Å². The van der Waals surface area contributed by atoms with E-state index in [9.17, 15) is 4.79 Å². The van der Waals surface area contributed by atoms with Gasteiger partial charge in [0.25, 0.3) is 0 Å². The van der Waals surface area contributed by atoms with Crippen molar-refractivity contribution in [3.63, 3.8) is 0 Å². The van der Waals surface area contributed by atoms with Crippen LogP contribution in [0.1, 0.15) is 33.6 Å². The van der Waals surface area contributed by atoms with E-state index in [1.807, 2.05) is 19.1 Å². The van der Waals surface area contributed by atoms with Crippen LogP contribution in [0.3, 0.4) is 0 Å². The zero-order chi connectivity index (χ0) is 8.69. The first kappa shape index (κ1) is 10.2. The lowest BCUT2D eigenvalue weighted by Gasteiger charge is -1.92. The first-order valence-corrected chi connectivity index (χ1v) is 4.01. The summed E-state index contributed by atoms with van der Waals surface area (Å²) in [6.07, 6.45) is 7.58. The van der Waals surface area contributed by atoms with Gasteiger partial charge in [-0.25, -0.2) is 0 Å². The Morgan fingerprint density at radius 3 is 2.45 bits per heavy atom. The molecule has 0 aliphatic heterocycles. The average Bonchev–Trinajstić information content (AvgIpc) is 1.98. The normalized spacial score (nSPS) is 12.5. The van der Waals surface area contributed by atoms with E-state index in [0.29, 0.717) is 6.42 Å². The number of allylic oxidation sites excluding steroid dienone is 4. The summed E-state index contributed by atoms with van der Waals surface area (Å²) in [6.45, 7) is 5.72. The molecule has 1 nitrogen and oxygen atoms in total. The van der Waals surface area contributed by atoms with Crippen LogP contribution in [0.4, 0.5) is 0 Å². The summed E-state index contributed by atoms with van der Waals surface area (Å²) in [6, 6.07) is 0. The molecule has 0 saturated heterocycles. The summed E-state index contributed by atoms with van der Waals surface area (Å²) in [7, 11) is 0. The summed E-state index contributed by atoms with van der Waals surface area (Å²) in [5.74, 6) is 0.216. The third kappa shape index (κ3) is 5.59. The van der Waals surface area contributed by atoms with Crippen molar-refractivity contribution >= 4 is 5.78 Å². The minimum Gasteiger partial charge on any atom is -0.300 e. The van der Waals surface area contributed by atoms with Crippen molar-refractivity contribution in [2.45, 2.75) is 33.6 Å². The maximum absolute atomic E-state index is 10.5. The summed E-state index contributed by atoms with van der Waals surface area (Å²) < 4.78 is 0. The van der Waals surface area contributed by atoms with Crippen molar-refractivity contribution < 1.29 is 4.79 Å². The predicted molar refractivity (Wildman–Crippen MR) is 48.5 cm³/mol. The fraction of sp³-hybridized carbons (Fsp3) is 0.500. The molecule has 0 aromatic carbocycles. The Balaban J connectivity index is 3.81. The minimum atomic E-state index is 0.216. The van der Waals surface area contributed by atoms with Crippen LogP contribution in [0.5, 0.6) is 0 Å². The molecule has 11 heavy (non-hydrogen) atoms. The molecule has 0 atom stereocenters. The van der Waals surface area contributed by atoms with Gasteiger partial charge in [0.1, 0.15) is 5.78 Å². The van der Waals surface area contributed by atoms with E-state index in [1.54, 1.807) is 6.92 Å². The molecular formula is C10H16O. The molecule has 0 rings (SSSR count). The summed E-state index contributed by atoms with van der Waals surface area (Å²) >= 11 is 0. The zero-order valence-electron chi connectivity index (χ0n) is 7.55. The second kappa shape index (κ2) is 5.90. The smallest absolute Gasteiger partial charge is 0.133 e. The molecule has 1 heteroatoms. The fourth-order valence-corrected chi connectivity index (χ4v) is 0.794. The number of carbonyl (C=O) groups excluding carboxylic acids is 1. The highest BCUT2D eigenvalue weighted by atomic mass is 16.1. The second-order valence-corrected chi connectivity index (χ2v) is 2.53. The second-order valence-electron chi connectivity index (χ2n) is 2.53. The van der Waals surface area contributed by atoms with Gasteiger partial charge in [0, 0.05) is 6.42 Å². The molecule has 0 unspecified atom stereocenters. The van der Waals surface area contributed by atoms with Crippen molar-refractivity contribution in [2.24, 2.45) is 0 Å². The van der Waals surface area contributed by atoms with Crippen LogP contribution in [0, 0.1) is 0 Å². The van der Waals surface area contributed by atoms with E-state index in [2.05, 4.69) is 13.0 Å². The Morgan fingerprint density at radius 1 is 1.45 bits per heavy atom. The molecule has 0 fully saturated rings. The van der Waals surface area contributed by atoms with E-state index in [-0.39, 0.29) is 5.78 Å². The Hall–Kier alpha value is -0.850. The maximum atomic E-state index is 10.5. The van der Waals surface area contributed by atoms with Crippen LogP contribution < -0.4 is 0 Å². The Morgan fingerprint density at radius 2 is 2.09 bits per heavy atom. The Kier molecular flexibility index (Phi) is 5.44. The third-order valence-electron chi connectivity index (χ3n) is 1.52. The van der Waals surface area contributed by atoms with Gasteiger partial charge in [-0.2, -0.15) is 0 Å². The molecule has 0 aromatic heterocycles. The lowest BCUT2D eigenvalue weighted by Crippen LogP contribution is -1.84. The van der Waals surface area contributed by atoms with Gasteiger partial charge in [0.15, 0.2) is 0 Å². The number of ketones is 1. The molecule has 0 heterocycles. The predicted octanol–water partition coefficient (Wildman–Crippen LogP) is 2.88. The monoisotopic (exact) mass is 152 g/mol. The third-order valence-corrected chi connectivity index (χ3v) is 1.52. The Bertz CT molecular complexity index is 175. The number of hydrogen-bond acceptors (Lipinski definition) is 1. The van der Waals surface area contributed by atoms with Crippen LogP contribution in [-0.2, 0) is 4.79 Å². The van der Waals surface area contributed by atoms with Crippen LogP contribution in [-0.4, -0.2) is 5.78 Å². The molecule has 0 N–H and O–H groups in total. The minimum absolute atomic E-state index is 0.216. The van der Waals surface area contributed by atoms with E-state index in [4.69, 9.17) is 0 Å². The van der Waals surface area contributed by atoms with E-state index in [0.717, 1.165) is 6.42 Å². The van der Waals surface area contributed by atoms with Gasteiger partial charge in [0.2, 0.25) is 0 Å². The highest BCUT2D eigenvalue weighted by Crippen LogP contribution is 2.02. The molecule has 0 aliphatic rings. The van der Waals surface area contributed by atoms with Crippen molar-refractivity contribution in [1.82, 2.24) is 0 Å². The van der Waals surface area contributed by atoms with Gasteiger partial charge in [-0.1, -0.05) is 30.7 Å². The summed E-state index contributed by atoms with van der Waals surface area (Å²) in [4.78, 5) is 10.5. The fourth-order valence-electron chi connectivity index (χ4n) is 0.794. The largest absolute Gasteiger partial charge is 0.300 e. The first-order valence-electron chi connectivity index (χ1n) is 4.01. The molecule has 0 aliphatic carbocycles. The van der Waals surface area contributed by atoms with Crippen LogP contribution in [0.15, 0.2) is 23.8 Å². The molecule has 0 aromatic rings. The van der Waals surface area contributed by atoms with Gasteiger partial charge < -0.3 is 0 Å². The number of hydrogen-bond donors (Lipinski definition) is 0. The number of Topliss-reactive ketones (excluding diaryl/α,β-unsaturated/α-hetero) is 1. The van der Waals surface area contributed by atoms with Crippen molar-refractivity contribution in [3.8, 4) is 0 Å². The topological polar surface area (TPSA) is 17.1 Å². The van der Waals surface area contributed by atoms with Crippen molar-refractivity contribution in [3.05, 3.63) is 23.8 Å². The number of carbonyl (C=O) groups is 1. The van der Waals surface area contributed by atoms with Gasteiger partial charge in [-0.3, -0.25) is 4.79 Å². The quantitative estimate of drug-likeness (QED) is 0.566. The van der Waals surface area contributed by atoms with Gasteiger partial charge >= 0.3 is 0 Å². The highest BCUT2D eigenvalue weighted by molar-refractivity contribution is 5.77. The van der Waals surface area contributed by atoms with Gasteiger partial charge in [-0.15, -0.1) is 0 Å². The van der Waals surface area contributed by atoms with Crippen LogP contribution in [0.2, 0.25) is 0 Å². The first-order chi connectivity index (χ1) is 5.20. The van der Waals surface area contributed by atoms with Crippen LogP contribution >= 0.6 is 0 Å². The lowest BCUT2D eigenvalue weighted by atomic mass is 10.1. The molecule has 0 bridgehead atoms. The molecule has 0 radical (unpaired) electrons. The Labute approximate surface area is 68.8 Å². The van der Waals surface area contributed by atoms with Crippen molar-refractivity contribution in [1.29, 1.82) is 0 Å². The standard InChI is InChI=1S/C10H16O/c1-4-10(5-2)8-6-7-9(3)11/h4,6,8H,5,7H2,1-3H3/b8-6-,10-4-. The van der Waals surface area contributed by atoms with Crippen LogP contribution in [0.25, 0.3) is 0 Å². The van der Waals surface area contributed by atoms with Gasteiger partial charge in [-0.05, 0) is 20.3 Å². The maximum Gasteiger partial charge on any atom is 0.133 e.